The normalized spacial score (nSPS) is 10.1. The standard InChI is InChI=1S/C11H10BrN3O3/c12-7-1-3-8(4-2-7)17-6-9-5-10(15-18-9)11(16)14-13/h1-5H,6,13H2,(H,14,16). The second-order valence-electron chi connectivity index (χ2n) is 3.39. The molecule has 0 radical (unpaired) electrons. The number of nitrogen functional groups attached to an aromatic ring is 1. The van der Waals surface area contributed by atoms with E-state index in [4.69, 9.17) is 15.1 Å². The van der Waals surface area contributed by atoms with Gasteiger partial charge in [0.25, 0.3) is 5.91 Å². The quantitative estimate of drug-likeness (QED) is 0.508. The third kappa shape index (κ3) is 3.08. The summed E-state index contributed by atoms with van der Waals surface area (Å²) in [6.45, 7) is 0.187. The molecule has 3 N–H and O–H groups in total. The van der Waals surface area contributed by atoms with Crippen LogP contribution in [0.15, 0.2) is 39.3 Å². The van der Waals surface area contributed by atoms with Crippen LogP contribution in [0.25, 0.3) is 0 Å². The fourth-order valence-electron chi connectivity index (χ4n) is 1.25. The van der Waals surface area contributed by atoms with Crippen molar-refractivity contribution in [2.45, 2.75) is 6.61 Å². The van der Waals surface area contributed by atoms with Gasteiger partial charge in [0.15, 0.2) is 11.5 Å². The van der Waals surface area contributed by atoms with Gasteiger partial charge in [0.1, 0.15) is 12.4 Å². The van der Waals surface area contributed by atoms with E-state index in [0.29, 0.717) is 11.5 Å². The van der Waals surface area contributed by atoms with Gasteiger partial charge in [-0.2, -0.15) is 0 Å². The van der Waals surface area contributed by atoms with Gasteiger partial charge in [-0.1, -0.05) is 21.1 Å². The molecule has 0 saturated carbocycles. The Morgan fingerprint density at radius 1 is 1.44 bits per heavy atom. The number of carbonyl (C=O) groups excluding carboxylic acids is 1. The summed E-state index contributed by atoms with van der Waals surface area (Å²) in [5.74, 6) is 5.60. The Kier molecular flexibility index (Phi) is 3.96. The van der Waals surface area contributed by atoms with Gasteiger partial charge in [0.2, 0.25) is 0 Å². The summed E-state index contributed by atoms with van der Waals surface area (Å²) in [6.07, 6.45) is 0. The molecule has 2 rings (SSSR count). The number of nitrogens with zero attached hydrogens (tertiary/aromatic N) is 1. The highest BCUT2D eigenvalue weighted by molar-refractivity contribution is 9.10. The Morgan fingerprint density at radius 2 is 2.17 bits per heavy atom. The molecule has 0 saturated heterocycles. The van der Waals surface area contributed by atoms with E-state index in [2.05, 4.69) is 21.1 Å². The summed E-state index contributed by atoms with van der Waals surface area (Å²) in [4.78, 5) is 11.1. The summed E-state index contributed by atoms with van der Waals surface area (Å²) >= 11 is 3.33. The second-order valence-corrected chi connectivity index (χ2v) is 4.31. The fraction of sp³-hybridized carbons (Fsp3) is 0.0909. The van der Waals surface area contributed by atoms with Crippen LogP contribution in [0, 0.1) is 0 Å². The summed E-state index contributed by atoms with van der Waals surface area (Å²) in [5, 5.41) is 3.56. The summed E-state index contributed by atoms with van der Waals surface area (Å²) < 4.78 is 11.4. The highest BCUT2D eigenvalue weighted by Gasteiger charge is 2.11. The van der Waals surface area contributed by atoms with Gasteiger partial charge in [-0.25, -0.2) is 5.84 Å². The van der Waals surface area contributed by atoms with Gasteiger partial charge in [0.05, 0.1) is 0 Å². The largest absolute Gasteiger partial charge is 0.486 e. The minimum absolute atomic E-state index is 0.118. The van der Waals surface area contributed by atoms with E-state index >= 15 is 0 Å². The lowest BCUT2D eigenvalue weighted by molar-refractivity contribution is 0.0944. The van der Waals surface area contributed by atoms with Crippen LogP contribution in [0.2, 0.25) is 0 Å². The van der Waals surface area contributed by atoms with E-state index in [0.717, 1.165) is 4.47 Å². The number of amides is 1. The number of hydrogen-bond donors (Lipinski definition) is 2. The number of nitrogens with two attached hydrogens (primary N) is 1. The lowest BCUT2D eigenvalue weighted by Gasteiger charge is -2.02. The second kappa shape index (κ2) is 5.65. The van der Waals surface area contributed by atoms with Crippen molar-refractivity contribution < 1.29 is 14.1 Å². The van der Waals surface area contributed by atoms with Crippen LogP contribution in [-0.2, 0) is 6.61 Å². The van der Waals surface area contributed by atoms with Crippen LogP contribution in [-0.4, -0.2) is 11.1 Å². The van der Waals surface area contributed by atoms with E-state index in [9.17, 15) is 4.79 Å². The number of rotatable bonds is 4. The van der Waals surface area contributed by atoms with Crippen molar-refractivity contribution in [2.24, 2.45) is 5.84 Å². The number of halogens is 1. The summed E-state index contributed by atoms with van der Waals surface area (Å²) in [5.41, 5.74) is 2.08. The monoisotopic (exact) mass is 311 g/mol. The topological polar surface area (TPSA) is 90.4 Å². The van der Waals surface area contributed by atoms with Gasteiger partial charge >= 0.3 is 0 Å². The van der Waals surface area contributed by atoms with Gasteiger partial charge in [0, 0.05) is 10.5 Å². The van der Waals surface area contributed by atoms with Gasteiger partial charge in [-0.15, -0.1) is 0 Å². The molecule has 2 aromatic rings. The Morgan fingerprint density at radius 3 is 2.83 bits per heavy atom. The third-order valence-corrected chi connectivity index (χ3v) is 2.65. The van der Waals surface area contributed by atoms with Crippen LogP contribution < -0.4 is 16.0 Å². The molecule has 1 amide bonds. The van der Waals surface area contributed by atoms with Crippen LogP contribution >= 0.6 is 15.9 Å². The molecule has 0 aliphatic rings. The van der Waals surface area contributed by atoms with E-state index in [1.165, 1.54) is 6.07 Å². The highest BCUT2D eigenvalue weighted by Crippen LogP contribution is 2.17. The molecular formula is C11H10BrN3O3. The van der Waals surface area contributed by atoms with Gasteiger partial charge in [-0.3, -0.25) is 10.2 Å². The zero-order valence-corrected chi connectivity index (χ0v) is 10.8. The number of aromatic nitrogens is 1. The van der Waals surface area contributed by atoms with Gasteiger partial charge in [-0.05, 0) is 24.3 Å². The van der Waals surface area contributed by atoms with Crippen LogP contribution in [0.3, 0.4) is 0 Å². The average Bonchev–Trinajstić information content (AvgIpc) is 2.86. The van der Waals surface area contributed by atoms with E-state index in [-0.39, 0.29) is 12.3 Å². The number of ether oxygens (including phenoxy) is 1. The first-order valence-electron chi connectivity index (χ1n) is 5.04. The molecule has 0 fully saturated rings. The number of benzene rings is 1. The first-order chi connectivity index (χ1) is 8.69. The minimum Gasteiger partial charge on any atom is -0.486 e. The average molecular weight is 312 g/mol. The van der Waals surface area contributed by atoms with Crippen molar-refractivity contribution >= 4 is 21.8 Å². The Balaban J connectivity index is 1.96. The molecule has 0 aliphatic carbocycles. The van der Waals surface area contributed by atoms with E-state index < -0.39 is 5.91 Å². The Bertz CT molecular complexity index is 539. The van der Waals surface area contributed by atoms with Crippen LogP contribution in [0.1, 0.15) is 16.2 Å². The molecule has 0 aliphatic heterocycles. The van der Waals surface area contributed by atoms with Crippen LogP contribution in [0.5, 0.6) is 5.75 Å². The van der Waals surface area contributed by atoms with Crippen molar-refractivity contribution in [3.63, 3.8) is 0 Å². The molecular weight excluding hydrogens is 302 g/mol. The smallest absolute Gasteiger partial charge is 0.287 e. The lowest BCUT2D eigenvalue weighted by atomic mass is 10.3. The van der Waals surface area contributed by atoms with Crippen molar-refractivity contribution in [1.29, 1.82) is 0 Å². The van der Waals surface area contributed by atoms with Crippen molar-refractivity contribution in [2.75, 3.05) is 0 Å². The molecule has 0 unspecified atom stereocenters. The SMILES string of the molecule is NNC(=O)c1cc(COc2ccc(Br)cc2)on1. The van der Waals surface area contributed by atoms with E-state index in [1.54, 1.807) is 0 Å². The molecule has 18 heavy (non-hydrogen) atoms. The molecule has 1 heterocycles. The molecule has 1 aromatic carbocycles. The Labute approximate surface area is 111 Å². The molecule has 0 spiro atoms. The Hall–Kier alpha value is -1.86. The summed E-state index contributed by atoms with van der Waals surface area (Å²) in [7, 11) is 0. The fourth-order valence-corrected chi connectivity index (χ4v) is 1.51. The highest BCUT2D eigenvalue weighted by atomic mass is 79.9. The molecule has 94 valence electrons. The molecule has 0 bridgehead atoms. The van der Waals surface area contributed by atoms with Gasteiger partial charge < -0.3 is 9.26 Å². The summed E-state index contributed by atoms with van der Waals surface area (Å²) in [6, 6.07) is 8.83. The number of carbonyl (C=O) groups is 1. The van der Waals surface area contributed by atoms with Crippen LogP contribution in [0.4, 0.5) is 0 Å². The predicted octanol–water partition coefficient (Wildman–Crippen LogP) is 1.62. The number of hydrogen-bond acceptors (Lipinski definition) is 5. The predicted molar refractivity (Wildman–Crippen MR) is 66.6 cm³/mol. The first-order valence-corrected chi connectivity index (χ1v) is 5.83. The first kappa shape index (κ1) is 12.6. The maximum Gasteiger partial charge on any atom is 0.287 e. The van der Waals surface area contributed by atoms with Crippen molar-refractivity contribution in [3.05, 3.63) is 46.3 Å². The zero-order chi connectivity index (χ0) is 13.0. The number of hydrazine groups is 1. The molecule has 7 heteroatoms. The van der Waals surface area contributed by atoms with E-state index in [1.807, 2.05) is 29.7 Å². The maximum absolute atomic E-state index is 11.1. The lowest BCUT2D eigenvalue weighted by Crippen LogP contribution is -2.30. The van der Waals surface area contributed by atoms with Crippen molar-refractivity contribution in [1.82, 2.24) is 10.6 Å². The maximum atomic E-state index is 11.1. The third-order valence-electron chi connectivity index (χ3n) is 2.12. The molecule has 1 aromatic heterocycles. The molecule has 6 nitrogen and oxygen atoms in total. The molecule has 0 atom stereocenters. The minimum atomic E-state index is -0.506. The number of nitrogens with one attached hydrogen (secondary N) is 1. The zero-order valence-electron chi connectivity index (χ0n) is 9.22. The van der Waals surface area contributed by atoms with Crippen molar-refractivity contribution in [3.8, 4) is 5.75 Å².